The van der Waals surface area contributed by atoms with E-state index in [1.807, 2.05) is 4.90 Å². The van der Waals surface area contributed by atoms with Crippen LogP contribution in [0.25, 0.3) is 0 Å². The lowest BCUT2D eigenvalue weighted by atomic mass is 9.41. The second kappa shape index (κ2) is 12.1. The molecule has 7 rings (SSSR count). The van der Waals surface area contributed by atoms with E-state index in [0.29, 0.717) is 38.0 Å². The van der Waals surface area contributed by atoms with Gasteiger partial charge in [-0.05, 0) is 105 Å². The summed E-state index contributed by atoms with van der Waals surface area (Å²) < 4.78 is 25.2. The first kappa shape index (κ1) is 37.5. The second-order valence-electron chi connectivity index (χ2n) is 18.7. The van der Waals surface area contributed by atoms with Gasteiger partial charge in [0, 0.05) is 24.8 Å². The van der Waals surface area contributed by atoms with Gasteiger partial charge < -0.3 is 29.8 Å². The van der Waals surface area contributed by atoms with Gasteiger partial charge in [-0.3, -0.25) is 19.3 Å². The number of ether oxygens (including phenoxy) is 4. The second-order valence-corrected chi connectivity index (χ2v) is 18.7. The van der Waals surface area contributed by atoms with Crippen LogP contribution in [0.2, 0.25) is 0 Å². The number of hydrogen-bond acceptors (Lipinski definition) is 9. The molecular formula is C38H61ClN2O8. The Balaban J connectivity index is 0.00000417. The van der Waals surface area contributed by atoms with E-state index in [2.05, 4.69) is 34.6 Å². The highest BCUT2D eigenvalue weighted by molar-refractivity contribution is 5.93. The van der Waals surface area contributed by atoms with Crippen molar-refractivity contribution in [2.45, 2.75) is 143 Å². The van der Waals surface area contributed by atoms with E-state index in [1.165, 1.54) is 13.3 Å². The van der Waals surface area contributed by atoms with Gasteiger partial charge in [-0.1, -0.05) is 34.6 Å². The molecule has 2 saturated heterocycles. The van der Waals surface area contributed by atoms with Crippen LogP contribution in [0.1, 0.15) is 107 Å². The van der Waals surface area contributed by atoms with Crippen LogP contribution < -0.4 is 5.73 Å². The molecule has 2 aliphatic heterocycles. The molecule has 0 unspecified atom stereocenters. The van der Waals surface area contributed by atoms with Crippen molar-refractivity contribution in [1.82, 2.24) is 4.90 Å². The molecule has 0 aromatic rings. The molecule has 0 radical (unpaired) electrons. The molecule has 0 aromatic heterocycles. The Morgan fingerprint density at radius 3 is 2.41 bits per heavy atom. The molecule has 49 heavy (non-hydrogen) atoms. The molecule has 0 bridgehead atoms. The van der Waals surface area contributed by atoms with Gasteiger partial charge in [0.25, 0.3) is 0 Å². The van der Waals surface area contributed by atoms with Gasteiger partial charge in [0.05, 0.1) is 37.5 Å². The number of Topliss-reactive ketones (excluding diaryl/α,β-unsaturated/α-hetero) is 1. The summed E-state index contributed by atoms with van der Waals surface area (Å²) in [6.07, 6.45) is 5.97. The number of fused-ring (bicyclic) bond motifs is 4. The zero-order valence-corrected chi connectivity index (χ0v) is 31.7. The van der Waals surface area contributed by atoms with Gasteiger partial charge in [0.1, 0.15) is 6.10 Å². The molecule has 13 atom stereocenters. The molecule has 10 nitrogen and oxygen atoms in total. The Morgan fingerprint density at radius 1 is 1.08 bits per heavy atom. The van der Waals surface area contributed by atoms with Crippen molar-refractivity contribution < 1.29 is 38.4 Å². The number of morpholine rings is 1. The molecule has 5 saturated carbocycles. The Morgan fingerprint density at radius 2 is 1.76 bits per heavy atom. The Bertz CT molecular complexity index is 1350. The number of nitrogens with two attached hydrogens (primary N) is 1. The van der Waals surface area contributed by atoms with Crippen molar-refractivity contribution in [3.63, 3.8) is 0 Å². The highest BCUT2D eigenvalue weighted by atomic mass is 35.5. The number of hydrogen-bond donors (Lipinski definition) is 2. The predicted molar refractivity (Wildman–Crippen MR) is 184 cm³/mol. The van der Waals surface area contributed by atoms with E-state index < -0.39 is 35.3 Å². The summed E-state index contributed by atoms with van der Waals surface area (Å²) in [5.74, 6) is 0.556. The van der Waals surface area contributed by atoms with Crippen LogP contribution in [0.3, 0.4) is 0 Å². The van der Waals surface area contributed by atoms with Crippen LogP contribution >= 0.6 is 12.4 Å². The van der Waals surface area contributed by atoms with E-state index in [0.717, 1.165) is 38.5 Å². The van der Waals surface area contributed by atoms with Gasteiger partial charge >= 0.3 is 5.97 Å². The van der Waals surface area contributed by atoms with Crippen LogP contribution in [0.15, 0.2) is 0 Å². The first-order valence-corrected chi connectivity index (χ1v) is 18.7. The molecule has 2 spiro atoms. The molecule has 7 aliphatic rings. The fraction of sp³-hybridized carbons (Fsp3) is 0.921. The summed E-state index contributed by atoms with van der Waals surface area (Å²) in [6.45, 7) is 18.3. The van der Waals surface area contributed by atoms with Crippen LogP contribution in [-0.2, 0) is 33.3 Å². The van der Waals surface area contributed by atoms with Gasteiger partial charge in [0.15, 0.2) is 18.2 Å². The molecule has 0 aromatic carbocycles. The number of aliphatic hydroxyl groups is 1. The molecule has 3 N–H and O–H groups in total. The number of halogens is 1. The fourth-order valence-corrected chi connectivity index (χ4v) is 13.6. The van der Waals surface area contributed by atoms with Gasteiger partial charge in [-0.25, -0.2) is 0 Å². The zero-order valence-electron chi connectivity index (χ0n) is 30.9. The Kier molecular flexibility index (Phi) is 9.27. The lowest BCUT2D eigenvalue weighted by Gasteiger charge is -2.62. The summed E-state index contributed by atoms with van der Waals surface area (Å²) in [5, 5.41) is 11.0. The third-order valence-corrected chi connectivity index (χ3v) is 15.6. The summed E-state index contributed by atoms with van der Waals surface area (Å²) in [5.41, 5.74) is 3.83. The van der Waals surface area contributed by atoms with E-state index in [9.17, 15) is 19.5 Å². The number of nitrogens with zero attached hydrogens (tertiary/aromatic N) is 1. The van der Waals surface area contributed by atoms with Gasteiger partial charge in [0.2, 0.25) is 5.91 Å². The highest BCUT2D eigenvalue weighted by Crippen LogP contribution is 2.89. The van der Waals surface area contributed by atoms with E-state index in [1.54, 1.807) is 13.8 Å². The van der Waals surface area contributed by atoms with Crippen molar-refractivity contribution in [3.05, 3.63) is 0 Å². The minimum Gasteiger partial charge on any atom is -0.457 e. The lowest BCUT2D eigenvalue weighted by molar-refractivity contribution is -0.246. The normalized spacial score (nSPS) is 47.7. The molecule has 11 heteroatoms. The van der Waals surface area contributed by atoms with Crippen LogP contribution in [0.5, 0.6) is 0 Å². The quantitative estimate of drug-likeness (QED) is 0.362. The average Bonchev–Trinajstić information content (AvgIpc) is 3.61. The maximum atomic E-state index is 15.0. The maximum absolute atomic E-state index is 15.0. The van der Waals surface area contributed by atoms with Crippen molar-refractivity contribution in [2.24, 2.45) is 56.5 Å². The topological polar surface area (TPSA) is 138 Å². The van der Waals surface area contributed by atoms with Gasteiger partial charge in [-0.2, -0.15) is 0 Å². The van der Waals surface area contributed by atoms with E-state index in [4.69, 9.17) is 24.7 Å². The zero-order chi connectivity index (χ0) is 34.8. The third kappa shape index (κ3) is 5.30. The SMILES string of the molecule is CC(=O)O[C@@H]([C@H]1C[C@@H](C)[C@H]2[C@H](O1)C(=O)[C@@]1(C)[C@@H]3CC[C@H]4C(C)(C)[C@@H](O[C@H]5CN(CC(N)=O)CCO5)CC[C@@]45C[C@@]35CC[C@]21C)C(C)(C)O.Cl. The first-order valence-electron chi connectivity index (χ1n) is 18.7. The largest absolute Gasteiger partial charge is 0.457 e. The van der Waals surface area contributed by atoms with Crippen LogP contribution in [-0.4, -0.2) is 90.2 Å². The smallest absolute Gasteiger partial charge is 0.303 e. The summed E-state index contributed by atoms with van der Waals surface area (Å²) in [4.78, 5) is 40.6. The number of primary amides is 1. The average molecular weight is 709 g/mol. The third-order valence-electron chi connectivity index (χ3n) is 15.6. The van der Waals surface area contributed by atoms with E-state index in [-0.39, 0.29) is 76.5 Å². The monoisotopic (exact) mass is 708 g/mol. The number of carbonyl (C=O) groups is 3. The molecule has 1 amide bonds. The summed E-state index contributed by atoms with van der Waals surface area (Å²) in [7, 11) is 0. The minimum absolute atomic E-state index is 0. The van der Waals surface area contributed by atoms with Crippen molar-refractivity contribution >= 4 is 30.1 Å². The standard InChI is InChI=1S/C38H60N2O8.ClH/c1-21-17-23(32(34(5,6)44)46-22(2)41)47-30-29(21)35(7)13-14-38-20-37(38)12-11-26(48-28-19-40(15-16-45-28)18-27(39)42)33(3,4)24(37)9-10-25(38)36(35,8)31(30)43;/h21,23-26,28-30,32,44H,9-20H2,1-8H3,(H2,39,42);1H/t21-,23-,24+,25+,26+,28+,29+,30+,32+,35-,36-,37-,38+;/m1./s1. The predicted octanol–water partition coefficient (Wildman–Crippen LogP) is 4.66. The van der Waals surface area contributed by atoms with Crippen molar-refractivity contribution in [2.75, 3.05) is 26.2 Å². The summed E-state index contributed by atoms with van der Waals surface area (Å²) in [6, 6.07) is 0. The number of carbonyl (C=O) groups excluding carboxylic acids is 3. The Hall–Kier alpha value is -1.30. The number of ketones is 1. The minimum atomic E-state index is -1.30. The molecule has 278 valence electrons. The molecule has 2 heterocycles. The number of amides is 1. The van der Waals surface area contributed by atoms with Crippen molar-refractivity contribution in [3.8, 4) is 0 Å². The molecular weight excluding hydrogens is 648 g/mol. The van der Waals surface area contributed by atoms with Crippen LogP contribution in [0, 0.1) is 50.7 Å². The number of rotatable bonds is 7. The molecule has 5 aliphatic carbocycles. The van der Waals surface area contributed by atoms with E-state index >= 15 is 0 Å². The van der Waals surface area contributed by atoms with Crippen LogP contribution in [0.4, 0.5) is 0 Å². The Labute approximate surface area is 298 Å². The van der Waals surface area contributed by atoms with Gasteiger partial charge in [-0.15, -0.1) is 12.4 Å². The first-order chi connectivity index (χ1) is 22.3. The van der Waals surface area contributed by atoms with Crippen molar-refractivity contribution in [1.29, 1.82) is 0 Å². The fourth-order valence-electron chi connectivity index (χ4n) is 13.6. The molecule has 7 fully saturated rings. The lowest BCUT2D eigenvalue weighted by Crippen LogP contribution is -2.60. The summed E-state index contributed by atoms with van der Waals surface area (Å²) >= 11 is 0. The number of esters is 1. The highest BCUT2D eigenvalue weighted by Gasteiger charge is 2.85. The maximum Gasteiger partial charge on any atom is 0.303 e.